The molecule has 0 aromatic carbocycles. The van der Waals surface area contributed by atoms with Crippen LogP contribution in [0.2, 0.25) is 0 Å². The molecule has 0 saturated carbocycles. The van der Waals surface area contributed by atoms with E-state index in [1.165, 1.54) is 0 Å². The van der Waals surface area contributed by atoms with E-state index in [1.807, 2.05) is 31.4 Å². The van der Waals surface area contributed by atoms with Crippen molar-refractivity contribution in [3.05, 3.63) is 36.8 Å². The lowest BCUT2D eigenvalue weighted by atomic mass is 10.3. The summed E-state index contributed by atoms with van der Waals surface area (Å²) in [5, 5.41) is 9.91. The van der Waals surface area contributed by atoms with Crippen molar-refractivity contribution in [2.45, 2.75) is 12.8 Å². The number of carbonyl (C=O) groups excluding carboxylic acids is 1. The van der Waals surface area contributed by atoms with Crippen LogP contribution in [-0.2, 0) is 4.79 Å². The highest BCUT2D eigenvalue weighted by atomic mass is 35.5. The number of pyridine rings is 1. The van der Waals surface area contributed by atoms with Gasteiger partial charge in [-0.15, -0.1) is 24.8 Å². The third-order valence-corrected chi connectivity index (χ3v) is 2.60. The van der Waals surface area contributed by atoms with Gasteiger partial charge in [0, 0.05) is 18.8 Å². The summed E-state index contributed by atoms with van der Waals surface area (Å²) >= 11 is 0. The second-order valence-corrected chi connectivity index (χ2v) is 4.11. The molecule has 0 aliphatic heterocycles. The van der Waals surface area contributed by atoms with Gasteiger partial charge in [0.25, 0.3) is 0 Å². The van der Waals surface area contributed by atoms with Crippen LogP contribution in [0.4, 0.5) is 5.69 Å². The molecule has 0 aliphatic rings. The van der Waals surface area contributed by atoms with Crippen LogP contribution in [0.5, 0.6) is 0 Å². The maximum Gasteiger partial charge on any atom is 0.224 e. The number of nitrogens with one attached hydrogen (secondary N) is 2. The first-order chi connectivity index (χ1) is 9.29. The number of nitrogens with zero attached hydrogens (tertiary/aromatic N) is 3. The lowest BCUT2D eigenvalue weighted by Crippen LogP contribution is -2.15. The molecular formula is C13H19Cl2N5O. The Kier molecular flexibility index (Phi) is 9.36. The van der Waals surface area contributed by atoms with Crippen LogP contribution in [0.25, 0.3) is 5.82 Å². The van der Waals surface area contributed by atoms with Gasteiger partial charge in [0.2, 0.25) is 5.91 Å². The molecule has 0 spiro atoms. The predicted octanol–water partition coefficient (Wildman–Crippen LogP) is 2.05. The van der Waals surface area contributed by atoms with E-state index in [9.17, 15) is 4.79 Å². The molecule has 0 atom stereocenters. The first-order valence-corrected chi connectivity index (χ1v) is 6.20. The van der Waals surface area contributed by atoms with Gasteiger partial charge in [-0.25, -0.2) is 9.67 Å². The monoisotopic (exact) mass is 331 g/mol. The number of aromatic nitrogens is 3. The number of carbonyl (C=O) groups is 1. The minimum absolute atomic E-state index is 0. The molecule has 2 aromatic heterocycles. The highest BCUT2D eigenvalue weighted by molar-refractivity contribution is 5.90. The maximum atomic E-state index is 11.6. The van der Waals surface area contributed by atoms with Gasteiger partial charge in [-0.05, 0) is 38.2 Å². The van der Waals surface area contributed by atoms with Crippen LogP contribution in [0.3, 0.4) is 0 Å². The van der Waals surface area contributed by atoms with Crippen molar-refractivity contribution in [3.63, 3.8) is 0 Å². The third-order valence-electron chi connectivity index (χ3n) is 2.60. The molecule has 2 N–H and O–H groups in total. The summed E-state index contributed by atoms with van der Waals surface area (Å²) in [6.07, 6.45) is 6.47. The maximum absolute atomic E-state index is 11.6. The molecule has 1 amide bonds. The summed E-state index contributed by atoms with van der Waals surface area (Å²) in [6.45, 7) is 0.837. The van der Waals surface area contributed by atoms with E-state index >= 15 is 0 Å². The number of rotatable bonds is 6. The highest BCUT2D eigenvalue weighted by Gasteiger charge is 2.03. The Morgan fingerprint density at radius 2 is 2.14 bits per heavy atom. The molecule has 2 aromatic rings. The fraction of sp³-hybridized carbons (Fsp3) is 0.308. The van der Waals surface area contributed by atoms with Crippen LogP contribution >= 0.6 is 24.8 Å². The van der Waals surface area contributed by atoms with Crippen LogP contribution < -0.4 is 10.6 Å². The van der Waals surface area contributed by atoms with Crippen molar-refractivity contribution < 1.29 is 4.79 Å². The summed E-state index contributed by atoms with van der Waals surface area (Å²) in [5.41, 5.74) is 0.699. The van der Waals surface area contributed by atoms with Gasteiger partial charge < -0.3 is 10.6 Å². The Hall–Kier alpha value is -1.63. The van der Waals surface area contributed by atoms with Gasteiger partial charge >= 0.3 is 0 Å². The fourth-order valence-corrected chi connectivity index (χ4v) is 1.65. The van der Waals surface area contributed by atoms with Crippen molar-refractivity contribution in [3.8, 4) is 5.82 Å². The zero-order valence-electron chi connectivity index (χ0n) is 11.7. The standard InChI is InChI=1S/C13H17N5O.2ClH/c1-14-7-2-4-13(19)17-11-5-6-12(15-10-11)18-9-3-8-16-18;;/h3,5-6,8-10,14H,2,4,7H2,1H3,(H,17,19);2*1H. The van der Waals surface area contributed by atoms with E-state index in [0.717, 1.165) is 18.8 Å². The summed E-state index contributed by atoms with van der Waals surface area (Å²) in [5.74, 6) is 0.724. The van der Waals surface area contributed by atoms with Gasteiger partial charge in [0.05, 0.1) is 11.9 Å². The normalized spacial score (nSPS) is 9.38. The van der Waals surface area contributed by atoms with Crippen LogP contribution in [0.1, 0.15) is 12.8 Å². The molecule has 6 nitrogen and oxygen atoms in total. The summed E-state index contributed by atoms with van der Waals surface area (Å²) in [7, 11) is 1.87. The van der Waals surface area contributed by atoms with E-state index < -0.39 is 0 Å². The smallest absolute Gasteiger partial charge is 0.224 e. The van der Waals surface area contributed by atoms with Crippen molar-refractivity contribution in [2.24, 2.45) is 0 Å². The summed E-state index contributed by atoms with van der Waals surface area (Å²) < 4.78 is 1.67. The average molecular weight is 332 g/mol. The predicted molar refractivity (Wildman–Crippen MR) is 87.6 cm³/mol. The summed E-state index contributed by atoms with van der Waals surface area (Å²) in [6, 6.07) is 5.47. The Balaban J connectivity index is 0.00000200. The van der Waals surface area contributed by atoms with Crippen LogP contribution in [-0.4, -0.2) is 34.3 Å². The topological polar surface area (TPSA) is 71.8 Å². The van der Waals surface area contributed by atoms with Gasteiger partial charge in [-0.1, -0.05) is 0 Å². The van der Waals surface area contributed by atoms with Gasteiger partial charge in [-0.2, -0.15) is 5.10 Å². The van der Waals surface area contributed by atoms with Crippen molar-refractivity contribution >= 4 is 36.4 Å². The van der Waals surface area contributed by atoms with Crippen molar-refractivity contribution in [1.29, 1.82) is 0 Å². The fourth-order valence-electron chi connectivity index (χ4n) is 1.65. The second kappa shape index (κ2) is 10.1. The molecule has 2 rings (SSSR count). The van der Waals surface area contributed by atoms with Gasteiger partial charge in [0.1, 0.15) is 0 Å². The van der Waals surface area contributed by atoms with Crippen LogP contribution in [0, 0.1) is 0 Å². The first-order valence-electron chi connectivity index (χ1n) is 6.20. The molecule has 0 unspecified atom stereocenters. The molecule has 0 aliphatic carbocycles. The van der Waals surface area contributed by atoms with Gasteiger partial charge in [-0.3, -0.25) is 4.79 Å². The molecule has 0 saturated heterocycles. The Bertz CT molecular complexity index is 516. The molecule has 0 bridgehead atoms. The molecule has 2 heterocycles. The largest absolute Gasteiger partial charge is 0.325 e. The molecular weight excluding hydrogens is 313 g/mol. The van der Waals surface area contributed by atoms with Crippen LogP contribution in [0.15, 0.2) is 36.8 Å². The van der Waals surface area contributed by atoms with E-state index in [2.05, 4.69) is 20.7 Å². The summed E-state index contributed by atoms with van der Waals surface area (Å²) in [4.78, 5) is 15.9. The number of hydrogen-bond donors (Lipinski definition) is 2. The highest BCUT2D eigenvalue weighted by Crippen LogP contribution is 2.09. The Morgan fingerprint density at radius 1 is 1.33 bits per heavy atom. The van der Waals surface area contributed by atoms with Gasteiger partial charge in [0.15, 0.2) is 5.82 Å². The van der Waals surface area contributed by atoms with E-state index in [1.54, 1.807) is 17.1 Å². The third kappa shape index (κ3) is 6.12. The SMILES string of the molecule is CNCCCC(=O)Nc1ccc(-n2cccn2)nc1.Cl.Cl. The molecule has 0 radical (unpaired) electrons. The Morgan fingerprint density at radius 3 is 2.71 bits per heavy atom. The molecule has 8 heteroatoms. The number of amides is 1. The minimum atomic E-state index is 0. The zero-order chi connectivity index (χ0) is 13.5. The quantitative estimate of drug-likeness (QED) is 0.794. The van der Waals surface area contributed by atoms with E-state index in [-0.39, 0.29) is 30.7 Å². The molecule has 21 heavy (non-hydrogen) atoms. The minimum Gasteiger partial charge on any atom is -0.325 e. The number of halogens is 2. The number of hydrogen-bond acceptors (Lipinski definition) is 4. The first kappa shape index (κ1) is 19.4. The molecule has 0 fully saturated rings. The lowest BCUT2D eigenvalue weighted by Gasteiger charge is -2.06. The van der Waals surface area contributed by atoms with Crippen molar-refractivity contribution in [2.75, 3.05) is 18.9 Å². The van der Waals surface area contributed by atoms with E-state index in [0.29, 0.717) is 12.1 Å². The average Bonchev–Trinajstić information content (AvgIpc) is 2.94. The van der Waals surface area contributed by atoms with E-state index in [4.69, 9.17) is 0 Å². The second-order valence-electron chi connectivity index (χ2n) is 4.11. The Labute approximate surface area is 136 Å². The lowest BCUT2D eigenvalue weighted by molar-refractivity contribution is -0.116. The zero-order valence-corrected chi connectivity index (χ0v) is 13.3. The van der Waals surface area contributed by atoms with Crippen molar-refractivity contribution in [1.82, 2.24) is 20.1 Å². The molecule has 116 valence electrons. The number of anilines is 1.